The molecule has 49 heavy (non-hydrogen) atoms. The highest BCUT2D eigenvalue weighted by Crippen LogP contribution is 2.42. The highest BCUT2D eigenvalue weighted by molar-refractivity contribution is 7.99. The van der Waals surface area contributed by atoms with Crippen molar-refractivity contribution in [2.75, 3.05) is 20.0 Å². The Kier molecular flexibility index (Phi) is 10.3. The number of benzene rings is 3. The van der Waals surface area contributed by atoms with E-state index in [4.69, 9.17) is 14.6 Å². The quantitative estimate of drug-likeness (QED) is 0.0925. The van der Waals surface area contributed by atoms with E-state index in [9.17, 15) is 19.7 Å². The van der Waals surface area contributed by atoms with E-state index in [2.05, 4.69) is 15.5 Å². The number of carbonyl (C=O) groups is 2. The number of para-hydroxylation sites is 1. The molecule has 0 radical (unpaired) electrons. The minimum atomic E-state index is -0.522. The fourth-order valence-electron chi connectivity index (χ4n) is 5.42. The summed E-state index contributed by atoms with van der Waals surface area (Å²) in [4.78, 5) is 38.3. The van der Waals surface area contributed by atoms with Crippen LogP contribution in [0, 0.1) is 10.1 Å². The maximum atomic E-state index is 14.0. The number of rotatable bonds is 13. The Morgan fingerprint density at radius 1 is 1.00 bits per heavy atom. The number of nitro benzene ring substituents is 1. The number of methoxy groups -OCH3 is 2. The van der Waals surface area contributed by atoms with Crippen LogP contribution in [0.3, 0.4) is 0 Å². The first-order valence-corrected chi connectivity index (χ1v) is 17.0. The monoisotopic (exact) mass is 697 g/mol. The average molecular weight is 698 g/mol. The maximum absolute atomic E-state index is 14.0. The number of hydrazone groups is 1. The Hall–Kier alpha value is -5.54. The summed E-state index contributed by atoms with van der Waals surface area (Å²) in [5, 5.41) is 31.3. The summed E-state index contributed by atoms with van der Waals surface area (Å²) < 4.78 is 13.1. The lowest BCUT2D eigenvalue weighted by Gasteiger charge is -2.24. The van der Waals surface area contributed by atoms with E-state index in [1.807, 2.05) is 70.6 Å². The molecule has 2 amide bonds. The van der Waals surface area contributed by atoms with Crippen LogP contribution in [-0.2, 0) is 17.9 Å². The third-order valence-electron chi connectivity index (χ3n) is 7.81. The van der Waals surface area contributed by atoms with E-state index in [1.54, 1.807) is 25.6 Å². The molecule has 0 saturated heterocycles. The lowest BCUT2D eigenvalue weighted by molar-refractivity contribution is -0.384. The third-order valence-corrected chi connectivity index (χ3v) is 9.68. The zero-order valence-electron chi connectivity index (χ0n) is 26.5. The molecule has 0 aliphatic carbocycles. The lowest BCUT2D eigenvalue weighted by atomic mass is 9.99. The molecule has 1 aliphatic heterocycles. The molecule has 2 aromatic heterocycles. The molecule has 0 bridgehead atoms. The Balaban J connectivity index is 1.23. The van der Waals surface area contributed by atoms with Crippen molar-refractivity contribution in [3.8, 4) is 11.5 Å². The van der Waals surface area contributed by atoms with Gasteiger partial charge in [-0.2, -0.15) is 5.10 Å². The molecule has 5 aromatic rings. The summed E-state index contributed by atoms with van der Waals surface area (Å²) in [6, 6.07) is 24.2. The van der Waals surface area contributed by atoms with Crippen LogP contribution in [0.1, 0.15) is 44.6 Å². The summed E-state index contributed by atoms with van der Waals surface area (Å²) >= 11 is 2.79. The van der Waals surface area contributed by atoms with Gasteiger partial charge in [0.05, 0.1) is 54.6 Å². The first kappa shape index (κ1) is 33.4. The highest BCUT2D eigenvalue weighted by atomic mass is 32.2. The molecule has 13 nitrogen and oxygen atoms in total. The van der Waals surface area contributed by atoms with Crippen molar-refractivity contribution < 1.29 is 24.0 Å². The zero-order chi connectivity index (χ0) is 34.3. The molecule has 1 N–H and O–H groups in total. The van der Waals surface area contributed by atoms with Gasteiger partial charge in [0.25, 0.3) is 17.5 Å². The van der Waals surface area contributed by atoms with Gasteiger partial charge in [-0.05, 0) is 35.2 Å². The van der Waals surface area contributed by atoms with Gasteiger partial charge in [0.1, 0.15) is 0 Å². The number of nitrogens with zero attached hydrogens (tertiary/aromatic N) is 6. The van der Waals surface area contributed by atoms with Gasteiger partial charge in [0, 0.05) is 29.7 Å². The number of thiophene rings is 1. The Morgan fingerprint density at radius 3 is 2.49 bits per heavy atom. The van der Waals surface area contributed by atoms with Crippen molar-refractivity contribution in [2.45, 2.75) is 30.7 Å². The van der Waals surface area contributed by atoms with Crippen LogP contribution >= 0.6 is 23.1 Å². The second-order valence-corrected chi connectivity index (χ2v) is 12.7. The molecule has 15 heteroatoms. The normalized spacial score (nSPS) is 14.0. The molecule has 0 saturated carbocycles. The number of hydrogen-bond acceptors (Lipinski definition) is 11. The van der Waals surface area contributed by atoms with E-state index in [0.29, 0.717) is 35.4 Å². The molecule has 1 aliphatic rings. The second-order valence-electron chi connectivity index (χ2n) is 10.8. The van der Waals surface area contributed by atoms with Crippen LogP contribution in [0.25, 0.3) is 0 Å². The van der Waals surface area contributed by atoms with Crippen LogP contribution < -0.4 is 14.8 Å². The molecule has 0 spiro atoms. The van der Waals surface area contributed by atoms with Gasteiger partial charge in [0.15, 0.2) is 22.5 Å². The molecule has 0 fully saturated rings. The van der Waals surface area contributed by atoms with Crippen LogP contribution in [-0.4, -0.2) is 62.2 Å². The molecule has 0 unspecified atom stereocenters. The predicted octanol–water partition coefficient (Wildman–Crippen LogP) is 5.71. The van der Waals surface area contributed by atoms with Crippen molar-refractivity contribution in [2.24, 2.45) is 5.10 Å². The van der Waals surface area contributed by atoms with Crippen LogP contribution in [0.5, 0.6) is 11.5 Å². The topological polar surface area (TPSA) is 154 Å². The Morgan fingerprint density at radius 2 is 1.80 bits per heavy atom. The molecular formula is C34H31N7O6S2. The predicted molar refractivity (Wildman–Crippen MR) is 185 cm³/mol. The largest absolute Gasteiger partial charge is 0.493 e. The number of hydrogen-bond donors (Lipinski definition) is 1. The smallest absolute Gasteiger partial charge is 0.269 e. The number of non-ortho nitro benzene ring substituents is 1. The molecule has 1 atom stereocenters. The van der Waals surface area contributed by atoms with Crippen molar-refractivity contribution in [1.29, 1.82) is 0 Å². The summed E-state index contributed by atoms with van der Waals surface area (Å²) in [6.45, 7) is 0.448. The number of nitrogens with one attached hydrogen (secondary N) is 1. The highest BCUT2D eigenvalue weighted by Gasteiger charge is 2.36. The van der Waals surface area contributed by atoms with Crippen LogP contribution in [0.15, 0.2) is 101 Å². The van der Waals surface area contributed by atoms with Crippen LogP contribution in [0.4, 0.5) is 5.69 Å². The van der Waals surface area contributed by atoms with Crippen molar-refractivity contribution >= 4 is 46.3 Å². The average Bonchev–Trinajstić information content (AvgIpc) is 3.90. The van der Waals surface area contributed by atoms with Gasteiger partial charge in [-0.3, -0.25) is 19.7 Å². The van der Waals surface area contributed by atoms with Crippen molar-refractivity contribution in [3.63, 3.8) is 0 Å². The van der Waals surface area contributed by atoms with Gasteiger partial charge >= 0.3 is 0 Å². The van der Waals surface area contributed by atoms with Crippen LogP contribution in [0.2, 0.25) is 0 Å². The van der Waals surface area contributed by atoms with Gasteiger partial charge < -0.3 is 19.4 Å². The summed E-state index contributed by atoms with van der Waals surface area (Å²) in [5.74, 6) is 0.966. The van der Waals surface area contributed by atoms with E-state index >= 15 is 0 Å². The maximum Gasteiger partial charge on any atom is 0.269 e. The fraction of sp³-hybridized carbons (Fsp3) is 0.206. The molecule has 250 valence electrons. The van der Waals surface area contributed by atoms with E-state index in [-0.39, 0.29) is 29.5 Å². The Labute approximate surface area is 289 Å². The number of ether oxygens (including phenoxy) is 2. The first-order valence-electron chi connectivity index (χ1n) is 15.1. The number of aromatic nitrogens is 3. The van der Waals surface area contributed by atoms with E-state index < -0.39 is 16.9 Å². The minimum absolute atomic E-state index is 0.0199. The SMILES string of the molecule is COc1cccc([C@@H]2CC(c3cccs3)=NN2C(=O)CSc2nnc(CNC(=O)c3ccc([N+](=O)[O-])cc3)n2Cc2ccccc2)c1OC. The van der Waals surface area contributed by atoms with Gasteiger partial charge in [-0.1, -0.05) is 60.3 Å². The lowest BCUT2D eigenvalue weighted by Crippen LogP contribution is -2.29. The molecule has 3 aromatic carbocycles. The number of nitro groups is 1. The number of carbonyl (C=O) groups excluding carboxylic acids is 2. The molecule has 6 rings (SSSR count). The third kappa shape index (κ3) is 7.47. The van der Waals surface area contributed by atoms with Crippen molar-refractivity contribution in [3.05, 3.63) is 128 Å². The van der Waals surface area contributed by atoms with Gasteiger partial charge in [0.2, 0.25) is 0 Å². The van der Waals surface area contributed by atoms with E-state index in [0.717, 1.165) is 21.7 Å². The molecular weight excluding hydrogens is 667 g/mol. The van der Waals surface area contributed by atoms with Gasteiger partial charge in [-0.15, -0.1) is 21.5 Å². The zero-order valence-corrected chi connectivity index (χ0v) is 28.1. The minimum Gasteiger partial charge on any atom is -0.493 e. The van der Waals surface area contributed by atoms with Gasteiger partial charge in [-0.25, -0.2) is 5.01 Å². The number of amides is 2. The first-order chi connectivity index (χ1) is 23.9. The molecule has 3 heterocycles. The van der Waals surface area contributed by atoms with E-state index in [1.165, 1.54) is 41.0 Å². The summed E-state index contributed by atoms with van der Waals surface area (Å²) in [5.41, 5.74) is 2.74. The summed E-state index contributed by atoms with van der Waals surface area (Å²) in [6.07, 6.45) is 0.503. The fourth-order valence-corrected chi connectivity index (χ4v) is 6.95. The standard InChI is InChI=1S/C34H31N7O6S2/c1-46-28-11-6-10-25(32(28)47-2)27-18-26(29-12-7-17-48-29)38-40(27)31(42)21-49-34-37-36-30(39(34)20-22-8-4-3-5-9-22)19-35-33(43)23-13-15-24(16-14-23)41(44)45/h3-17,27H,18-21H2,1-2H3,(H,35,43)/t27-/m0/s1. The van der Waals surface area contributed by atoms with Crippen molar-refractivity contribution in [1.82, 2.24) is 25.1 Å². The summed E-state index contributed by atoms with van der Waals surface area (Å²) in [7, 11) is 3.15. The second kappa shape index (κ2) is 15.1. The Bertz CT molecular complexity index is 1980. The number of thioether (sulfide) groups is 1.